The number of carbonyl (C=O) groups excluding carboxylic acids is 1. The first-order valence-corrected chi connectivity index (χ1v) is 5.95. The Morgan fingerprint density at radius 2 is 1.88 bits per heavy atom. The van der Waals surface area contributed by atoms with Crippen molar-refractivity contribution in [3.63, 3.8) is 0 Å². The first kappa shape index (κ1) is 12.1. The van der Waals surface area contributed by atoms with Gasteiger partial charge < -0.3 is 15.5 Å². The first-order chi connectivity index (χ1) is 8.15. The number of aliphatic hydroxyl groups is 1. The minimum Gasteiger partial charge on any atom is -0.481 e. The maximum atomic E-state index is 11.9. The quantitative estimate of drug-likeness (QED) is 0.466. The Morgan fingerprint density at radius 3 is 2.47 bits per heavy atom. The summed E-state index contributed by atoms with van der Waals surface area (Å²) in [5.41, 5.74) is 0. The molecule has 2 aliphatic rings. The molecule has 0 radical (unpaired) electrons. The SMILES string of the molecule is O=C(O)C1C2C=CC(C2)C1C(=O)NCCCO. The maximum absolute atomic E-state index is 11.9. The normalized spacial score (nSPS) is 33.9. The molecule has 94 valence electrons. The predicted molar refractivity (Wildman–Crippen MR) is 60.1 cm³/mol. The second kappa shape index (κ2) is 4.87. The van der Waals surface area contributed by atoms with Crippen molar-refractivity contribution in [1.29, 1.82) is 0 Å². The van der Waals surface area contributed by atoms with E-state index in [0.29, 0.717) is 13.0 Å². The van der Waals surface area contributed by atoms with Gasteiger partial charge in [-0.2, -0.15) is 0 Å². The topological polar surface area (TPSA) is 86.6 Å². The van der Waals surface area contributed by atoms with Crippen molar-refractivity contribution in [3.05, 3.63) is 12.2 Å². The molecule has 2 aliphatic carbocycles. The number of aliphatic carboxylic acids is 1. The monoisotopic (exact) mass is 239 g/mol. The van der Waals surface area contributed by atoms with E-state index in [2.05, 4.69) is 5.32 Å². The Labute approximate surface area is 99.5 Å². The molecule has 0 aliphatic heterocycles. The molecule has 2 rings (SSSR count). The second-order valence-electron chi connectivity index (χ2n) is 4.71. The standard InChI is InChI=1S/C12H17NO4/c14-5-1-4-13-11(15)9-7-2-3-8(6-7)10(9)12(16)17/h2-3,7-10,14H,1,4-6H2,(H,13,15)(H,16,17). The van der Waals surface area contributed by atoms with Crippen LogP contribution < -0.4 is 5.32 Å². The average Bonchev–Trinajstić information content (AvgIpc) is 2.88. The van der Waals surface area contributed by atoms with E-state index >= 15 is 0 Å². The zero-order valence-electron chi connectivity index (χ0n) is 9.50. The van der Waals surface area contributed by atoms with Gasteiger partial charge in [0.1, 0.15) is 0 Å². The van der Waals surface area contributed by atoms with Crippen LogP contribution >= 0.6 is 0 Å². The highest BCUT2D eigenvalue weighted by Gasteiger charge is 2.51. The molecule has 4 atom stereocenters. The van der Waals surface area contributed by atoms with E-state index in [0.717, 1.165) is 6.42 Å². The van der Waals surface area contributed by atoms with E-state index < -0.39 is 17.8 Å². The fourth-order valence-corrected chi connectivity index (χ4v) is 2.92. The van der Waals surface area contributed by atoms with Crippen LogP contribution in [0.5, 0.6) is 0 Å². The predicted octanol–water partition coefficient (Wildman–Crippen LogP) is 0.00790. The fraction of sp³-hybridized carbons (Fsp3) is 0.667. The van der Waals surface area contributed by atoms with Crippen LogP contribution in [0.15, 0.2) is 12.2 Å². The molecule has 0 saturated heterocycles. The van der Waals surface area contributed by atoms with Gasteiger partial charge in [0.05, 0.1) is 11.8 Å². The summed E-state index contributed by atoms with van der Waals surface area (Å²) in [6, 6.07) is 0. The maximum Gasteiger partial charge on any atom is 0.307 e. The van der Waals surface area contributed by atoms with Crippen LogP contribution in [0, 0.1) is 23.7 Å². The molecule has 3 N–H and O–H groups in total. The van der Waals surface area contributed by atoms with E-state index in [-0.39, 0.29) is 24.3 Å². The van der Waals surface area contributed by atoms with Gasteiger partial charge in [0.2, 0.25) is 5.91 Å². The molecule has 0 spiro atoms. The van der Waals surface area contributed by atoms with Crippen molar-refractivity contribution in [3.8, 4) is 0 Å². The molecule has 0 heterocycles. The number of rotatable bonds is 5. The Bertz CT molecular complexity index is 352. The number of aliphatic hydroxyl groups excluding tert-OH is 1. The first-order valence-electron chi connectivity index (χ1n) is 5.95. The van der Waals surface area contributed by atoms with Crippen LogP contribution in [-0.2, 0) is 9.59 Å². The lowest BCUT2D eigenvalue weighted by Crippen LogP contribution is -2.40. The number of hydrogen-bond acceptors (Lipinski definition) is 3. The number of carboxylic acid groups (broad SMARTS) is 1. The summed E-state index contributed by atoms with van der Waals surface area (Å²) in [6.45, 7) is 0.429. The summed E-state index contributed by atoms with van der Waals surface area (Å²) in [6.07, 6.45) is 5.15. The van der Waals surface area contributed by atoms with Gasteiger partial charge in [-0.05, 0) is 24.7 Å². The van der Waals surface area contributed by atoms with E-state index in [1.807, 2.05) is 12.2 Å². The molecule has 5 heteroatoms. The van der Waals surface area contributed by atoms with Gasteiger partial charge in [-0.25, -0.2) is 0 Å². The van der Waals surface area contributed by atoms with Crippen LogP contribution in [0.2, 0.25) is 0 Å². The third-order valence-electron chi connectivity index (χ3n) is 3.68. The smallest absolute Gasteiger partial charge is 0.307 e. The molecule has 0 aromatic heterocycles. The van der Waals surface area contributed by atoms with Gasteiger partial charge >= 0.3 is 5.97 Å². The number of hydrogen-bond donors (Lipinski definition) is 3. The molecule has 1 fully saturated rings. The van der Waals surface area contributed by atoms with Gasteiger partial charge in [0, 0.05) is 13.2 Å². The summed E-state index contributed by atoms with van der Waals surface area (Å²) >= 11 is 0. The average molecular weight is 239 g/mol. The molecular weight excluding hydrogens is 222 g/mol. The highest BCUT2D eigenvalue weighted by Crippen LogP contribution is 2.48. The summed E-state index contributed by atoms with van der Waals surface area (Å²) in [5.74, 6) is -2.03. The van der Waals surface area contributed by atoms with E-state index in [9.17, 15) is 14.7 Å². The number of carboxylic acids is 1. The van der Waals surface area contributed by atoms with E-state index in [1.54, 1.807) is 0 Å². The van der Waals surface area contributed by atoms with Crippen LogP contribution in [0.25, 0.3) is 0 Å². The molecule has 0 aromatic carbocycles. The Balaban J connectivity index is 2.01. The van der Waals surface area contributed by atoms with Crippen molar-refractivity contribution >= 4 is 11.9 Å². The number of amides is 1. The minimum absolute atomic E-state index is 0.00564. The number of nitrogens with one attached hydrogen (secondary N) is 1. The van der Waals surface area contributed by atoms with Gasteiger partial charge in [-0.15, -0.1) is 0 Å². The number of fused-ring (bicyclic) bond motifs is 2. The van der Waals surface area contributed by atoms with Crippen molar-refractivity contribution in [1.82, 2.24) is 5.32 Å². The highest BCUT2D eigenvalue weighted by molar-refractivity contribution is 5.86. The van der Waals surface area contributed by atoms with Crippen molar-refractivity contribution in [2.45, 2.75) is 12.8 Å². The minimum atomic E-state index is -0.885. The Hall–Kier alpha value is -1.36. The lowest BCUT2D eigenvalue weighted by atomic mass is 9.82. The van der Waals surface area contributed by atoms with E-state index in [4.69, 9.17) is 5.11 Å². The third-order valence-corrected chi connectivity index (χ3v) is 3.68. The molecule has 5 nitrogen and oxygen atoms in total. The number of carbonyl (C=O) groups is 2. The van der Waals surface area contributed by atoms with Crippen LogP contribution in [0.1, 0.15) is 12.8 Å². The zero-order valence-corrected chi connectivity index (χ0v) is 9.50. The molecule has 0 aromatic rings. The summed E-state index contributed by atoms with van der Waals surface area (Å²) in [4.78, 5) is 23.1. The van der Waals surface area contributed by atoms with Gasteiger partial charge in [0.15, 0.2) is 0 Å². The third kappa shape index (κ3) is 2.20. The fourth-order valence-electron chi connectivity index (χ4n) is 2.92. The van der Waals surface area contributed by atoms with Crippen LogP contribution in [-0.4, -0.2) is 35.2 Å². The highest BCUT2D eigenvalue weighted by atomic mass is 16.4. The van der Waals surface area contributed by atoms with Crippen molar-refractivity contribution < 1.29 is 19.8 Å². The van der Waals surface area contributed by atoms with Crippen molar-refractivity contribution in [2.24, 2.45) is 23.7 Å². The van der Waals surface area contributed by atoms with Crippen LogP contribution in [0.3, 0.4) is 0 Å². The van der Waals surface area contributed by atoms with Gasteiger partial charge in [-0.3, -0.25) is 9.59 Å². The van der Waals surface area contributed by atoms with Gasteiger partial charge in [0.25, 0.3) is 0 Å². The lowest BCUT2D eigenvalue weighted by molar-refractivity contribution is -0.147. The summed E-state index contributed by atoms with van der Waals surface area (Å²) < 4.78 is 0. The molecule has 1 amide bonds. The largest absolute Gasteiger partial charge is 0.481 e. The molecule has 4 unspecified atom stereocenters. The molecule has 17 heavy (non-hydrogen) atoms. The van der Waals surface area contributed by atoms with Crippen LogP contribution in [0.4, 0.5) is 0 Å². The van der Waals surface area contributed by atoms with Gasteiger partial charge in [-0.1, -0.05) is 12.2 Å². The molecular formula is C12H17NO4. The van der Waals surface area contributed by atoms with Crippen molar-refractivity contribution in [2.75, 3.05) is 13.2 Å². The van der Waals surface area contributed by atoms with E-state index in [1.165, 1.54) is 0 Å². The second-order valence-corrected chi connectivity index (χ2v) is 4.71. The molecule has 2 bridgehead atoms. The zero-order chi connectivity index (χ0) is 12.4. The summed E-state index contributed by atoms with van der Waals surface area (Å²) in [5, 5.41) is 20.5. The molecule has 1 saturated carbocycles. The number of allylic oxidation sites excluding steroid dienone is 2. The Kier molecular flexibility index (Phi) is 3.47. The summed E-state index contributed by atoms with van der Waals surface area (Å²) in [7, 11) is 0. The Morgan fingerprint density at radius 1 is 1.24 bits per heavy atom. The lowest BCUT2D eigenvalue weighted by Gasteiger charge is -2.23.